The van der Waals surface area contributed by atoms with Crippen molar-refractivity contribution >= 4 is 34.9 Å². The Balaban J connectivity index is 1.74. The topological polar surface area (TPSA) is 113 Å². The van der Waals surface area contributed by atoms with Crippen molar-refractivity contribution in [3.8, 4) is 11.8 Å². The zero-order valence-electron chi connectivity index (χ0n) is 14.6. The predicted octanol–water partition coefficient (Wildman–Crippen LogP) is 2.66. The number of hydrogen-bond acceptors (Lipinski definition) is 6. The van der Waals surface area contributed by atoms with Crippen molar-refractivity contribution in [2.75, 3.05) is 6.61 Å². The number of thioether (sulfide) groups is 1. The molecule has 0 aromatic heterocycles. The maximum Gasteiger partial charge on any atom is 0.293 e. The van der Waals surface area contributed by atoms with Crippen molar-refractivity contribution in [1.82, 2.24) is 4.90 Å². The molecule has 8 heteroatoms. The van der Waals surface area contributed by atoms with Crippen molar-refractivity contribution < 1.29 is 19.1 Å². The molecule has 1 saturated heterocycles. The highest BCUT2D eigenvalue weighted by molar-refractivity contribution is 8.18. The van der Waals surface area contributed by atoms with E-state index >= 15 is 0 Å². The van der Waals surface area contributed by atoms with Gasteiger partial charge in [-0.15, -0.1) is 0 Å². The average molecular weight is 393 g/mol. The summed E-state index contributed by atoms with van der Waals surface area (Å²) >= 11 is 0.851. The Bertz CT molecular complexity index is 1010. The molecule has 1 aliphatic heterocycles. The first-order valence-corrected chi connectivity index (χ1v) is 9.04. The molecule has 0 unspecified atom stereocenters. The van der Waals surface area contributed by atoms with Crippen molar-refractivity contribution in [2.45, 2.75) is 6.54 Å². The van der Waals surface area contributed by atoms with E-state index in [4.69, 9.17) is 10.5 Å². The van der Waals surface area contributed by atoms with Crippen LogP contribution < -0.4 is 10.5 Å². The summed E-state index contributed by atoms with van der Waals surface area (Å²) < 4.78 is 5.18. The zero-order chi connectivity index (χ0) is 20.1. The molecule has 28 heavy (non-hydrogen) atoms. The van der Waals surface area contributed by atoms with E-state index in [9.17, 15) is 19.6 Å². The summed E-state index contributed by atoms with van der Waals surface area (Å²) in [5.41, 5.74) is 6.77. The third-order valence-electron chi connectivity index (χ3n) is 3.90. The fraction of sp³-hybridized carbons (Fsp3) is 0.100. The SMILES string of the molecule is N#Cc1ccccc1CN1C(=O)S/C(=C/c2ccc(OCC(N)=O)cc2)C1=O. The molecule has 1 fully saturated rings. The number of carbonyl (C=O) groups excluding carboxylic acids is 3. The molecule has 3 rings (SSSR count). The first-order valence-electron chi connectivity index (χ1n) is 8.22. The molecule has 1 heterocycles. The molecule has 1 aliphatic rings. The highest BCUT2D eigenvalue weighted by Crippen LogP contribution is 2.33. The molecule has 2 aromatic carbocycles. The van der Waals surface area contributed by atoms with E-state index in [1.807, 2.05) is 0 Å². The van der Waals surface area contributed by atoms with Crippen LogP contribution in [0.4, 0.5) is 4.79 Å². The van der Waals surface area contributed by atoms with Gasteiger partial charge in [0.05, 0.1) is 23.1 Å². The fourth-order valence-corrected chi connectivity index (χ4v) is 3.38. The van der Waals surface area contributed by atoms with Gasteiger partial charge in [0.2, 0.25) is 0 Å². The van der Waals surface area contributed by atoms with Crippen LogP contribution in [0.2, 0.25) is 0 Å². The number of amides is 3. The number of primary amides is 1. The lowest BCUT2D eigenvalue weighted by molar-refractivity contribution is -0.123. The highest BCUT2D eigenvalue weighted by atomic mass is 32.2. The number of carbonyl (C=O) groups is 3. The summed E-state index contributed by atoms with van der Waals surface area (Å²) in [7, 11) is 0. The molecule has 0 radical (unpaired) electrons. The van der Waals surface area contributed by atoms with E-state index in [1.54, 1.807) is 54.6 Å². The number of benzene rings is 2. The lowest BCUT2D eigenvalue weighted by atomic mass is 10.1. The lowest BCUT2D eigenvalue weighted by Gasteiger charge is -2.13. The van der Waals surface area contributed by atoms with Gasteiger partial charge in [-0.1, -0.05) is 30.3 Å². The zero-order valence-corrected chi connectivity index (χ0v) is 15.4. The van der Waals surface area contributed by atoms with Gasteiger partial charge in [0, 0.05) is 0 Å². The first-order chi connectivity index (χ1) is 13.5. The quantitative estimate of drug-likeness (QED) is 0.755. The third-order valence-corrected chi connectivity index (χ3v) is 4.81. The summed E-state index contributed by atoms with van der Waals surface area (Å²) in [5.74, 6) is -0.510. The van der Waals surface area contributed by atoms with Crippen LogP contribution in [0.1, 0.15) is 16.7 Å². The monoisotopic (exact) mass is 393 g/mol. The summed E-state index contributed by atoms with van der Waals surface area (Å²) in [4.78, 5) is 37.0. The minimum Gasteiger partial charge on any atom is -0.484 e. The van der Waals surface area contributed by atoms with Gasteiger partial charge in [-0.25, -0.2) is 0 Å². The third kappa shape index (κ3) is 4.39. The lowest BCUT2D eigenvalue weighted by Crippen LogP contribution is -2.27. The number of imide groups is 1. The van der Waals surface area contributed by atoms with E-state index in [1.165, 1.54) is 0 Å². The van der Waals surface area contributed by atoms with E-state index in [-0.39, 0.29) is 18.4 Å². The number of hydrogen-bond donors (Lipinski definition) is 1. The standard InChI is InChI=1S/C20H15N3O4S/c21-10-14-3-1-2-4-15(14)11-23-19(25)17(28-20(23)26)9-13-5-7-16(8-6-13)27-12-18(22)24/h1-9H,11-12H2,(H2,22,24)/b17-9+. The molecule has 7 nitrogen and oxygen atoms in total. The average Bonchev–Trinajstić information content (AvgIpc) is 2.95. The molecule has 140 valence electrons. The number of ether oxygens (including phenoxy) is 1. The van der Waals surface area contributed by atoms with Crippen LogP contribution in [0.25, 0.3) is 6.08 Å². The molecule has 3 amide bonds. The van der Waals surface area contributed by atoms with Crippen LogP contribution in [0.5, 0.6) is 5.75 Å². The van der Waals surface area contributed by atoms with Gasteiger partial charge in [-0.3, -0.25) is 19.3 Å². The fourth-order valence-electron chi connectivity index (χ4n) is 2.54. The Hall–Kier alpha value is -3.57. The van der Waals surface area contributed by atoms with Crippen LogP contribution >= 0.6 is 11.8 Å². The summed E-state index contributed by atoms with van der Waals surface area (Å²) in [6.45, 7) is -0.173. The van der Waals surface area contributed by atoms with Gasteiger partial charge in [0.1, 0.15) is 5.75 Å². The second-order valence-electron chi connectivity index (χ2n) is 5.86. The van der Waals surface area contributed by atoms with Crippen molar-refractivity contribution in [2.24, 2.45) is 5.73 Å². The molecule has 0 bridgehead atoms. The summed E-state index contributed by atoms with van der Waals surface area (Å²) in [5, 5.41) is 8.79. The van der Waals surface area contributed by atoms with Crippen LogP contribution in [-0.4, -0.2) is 28.6 Å². The first kappa shape index (κ1) is 19.2. The minimum atomic E-state index is -0.573. The van der Waals surface area contributed by atoms with Gasteiger partial charge in [0.15, 0.2) is 6.61 Å². The summed E-state index contributed by atoms with van der Waals surface area (Å²) in [6.07, 6.45) is 1.61. The second-order valence-corrected chi connectivity index (χ2v) is 6.85. The van der Waals surface area contributed by atoms with E-state index in [2.05, 4.69) is 6.07 Å². The molecule has 2 N–H and O–H groups in total. The van der Waals surface area contributed by atoms with Gasteiger partial charge in [0.25, 0.3) is 17.1 Å². The van der Waals surface area contributed by atoms with Gasteiger partial charge in [-0.2, -0.15) is 5.26 Å². The molecule has 0 spiro atoms. The van der Waals surface area contributed by atoms with Crippen molar-refractivity contribution in [1.29, 1.82) is 5.26 Å². The molecule has 2 aromatic rings. The summed E-state index contributed by atoms with van der Waals surface area (Å²) in [6, 6.07) is 15.6. The Morgan fingerprint density at radius 2 is 1.89 bits per heavy atom. The number of nitriles is 1. The molecule has 0 aliphatic carbocycles. The van der Waals surface area contributed by atoms with Crippen molar-refractivity contribution in [3.05, 3.63) is 70.1 Å². The van der Waals surface area contributed by atoms with Crippen molar-refractivity contribution in [3.63, 3.8) is 0 Å². The van der Waals surface area contributed by atoms with E-state index in [0.717, 1.165) is 16.7 Å². The predicted molar refractivity (Wildman–Crippen MR) is 104 cm³/mol. The van der Waals surface area contributed by atoms with Crippen LogP contribution in [0, 0.1) is 11.3 Å². The Morgan fingerprint density at radius 3 is 2.57 bits per heavy atom. The molecule has 0 atom stereocenters. The van der Waals surface area contributed by atoms with Gasteiger partial charge >= 0.3 is 0 Å². The Labute approximate surface area is 165 Å². The van der Waals surface area contributed by atoms with Crippen LogP contribution in [0.3, 0.4) is 0 Å². The maximum atomic E-state index is 12.6. The number of rotatable bonds is 6. The smallest absolute Gasteiger partial charge is 0.293 e. The number of nitrogens with two attached hydrogens (primary N) is 1. The molecule has 0 saturated carbocycles. The molecular formula is C20H15N3O4S. The van der Waals surface area contributed by atoms with Crippen LogP contribution in [0.15, 0.2) is 53.4 Å². The van der Waals surface area contributed by atoms with E-state index in [0.29, 0.717) is 27.3 Å². The van der Waals surface area contributed by atoms with Gasteiger partial charge < -0.3 is 10.5 Å². The van der Waals surface area contributed by atoms with Crippen LogP contribution in [-0.2, 0) is 16.1 Å². The van der Waals surface area contributed by atoms with Gasteiger partial charge in [-0.05, 0) is 47.2 Å². The Morgan fingerprint density at radius 1 is 1.18 bits per heavy atom. The normalized spacial score (nSPS) is 15.0. The largest absolute Gasteiger partial charge is 0.484 e. The Kier molecular flexibility index (Phi) is 5.77. The maximum absolute atomic E-state index is 12.6. The number of nitrogens with zero attached hydrogens (tertiary/aromatic N) is 2. The highest BCUT2D eigenvalue weighted by Gasteiger charge is 2.35. The molecular weight excluding hydrogens is 378 g/mol. The minimum absolute atomic E-state index is 0.0473. The van der Waals surface area contributed by atoms with E-state index < -0.39 is 11.8 Å². The second kappa shape index (κ2) is 8.41.